The van der Waals surface area contributed by atoms with Gasteiger partial charge in [0.2, 0.25) is 5.52 Å². The summed E-state index contributed by atoms with van der Waals surface area (Å²) in [5.74, 6) is 0.253. The molecule has 1 aliphatic heterocycles. The molecule has 0 bridgehead atoms. The Morgan fingerprint density at radius 3 is 2.02 bits per heavy atom. The van der Waals surface area contributed by atoms with Gasteiger partial charge in [0.25, 0.3) is 5.01 Å². The molecule has 0 saturated heterocycles. The van der Waals surface area contributed by atoms with Gasteiger partial charge in [0.05, 0.1) is 17.5 Å². The van der Waals surface area contributed by atoms with Crippen molar-refractivity contribution in [3.8, 4) is 22.1 Å². The third-order valence-electron chi connectivity index (χ3n) is 7.61. The Hall–Kier alpha value is -4.19. The second-order valence-electron chi connectivity index (χ2n) is 10.1. The molecular weight excluding hydrogens is 554 g/mol. The predicted molar refractivity (Wildman–Crippen MR) is 172 cm³/mol. The van der Waals surface area contributed by atoms with Crippen molar-refractivity contribution in [2.24, 2.45) is 0 Å². The number of thiazole rings is 1. The van der Waals surface area contributed by atoms with Crippen molar-refractivity contribution in [3.05, 3.63) is 127 Å². The van der Waals surface area contributed by atoms with Crippen LogP contribution in [0.1, 0.15) is 10.9 Å². The van der Waals surface area contributed by atoms with Crippen molar-refractivity contribution in [1.29, 1.82) is 0 Å². The van der Waals surface area contributed by atoms with Crippen LogP contribution in [0, 0.1) is 0 Å². The number of quaternary nitrogens is 1. The van der Waals surface area contributed by atoms with E-state index in [2.05, 4.69) is 48.4 Å². The van der Waals surface area contributed by atoms with Gasteiger partial charge in [-0.25, -0.2) is 0 Å². The molecule has 0 radical (unpaired) electrons. The minimum atomic E-state index is 0. The van der Waals surface area contributed by atoms with Crippen molar-refractivity contribution in [2.75, 3.05) is 7.05 Å². The summed E-state index contributed by atoms with van der Waals surface area (Å²) in [5.41, 5.74) is 3.98. The fraction of sp³-hybridized carbons (Fsp3) is 0.0571. The summed E-state index contributed by atoms with van der Waals surface area (Å²) in [6, 6.07) is 40.0. The molecule has 8 rings (SSSR count). The van der Waals surface area contributed by atoms with E-state index in [1.165, 1.54) is 15.5 Å². The second-order valence-corrected chi connectivity index (χ2v) is 12.3. The van der Waals surface area contributed by atoms with E-state index in [1.54, 1.807) is 23.1 Å². The molecule has 0 aliphatic carbocycles. The molecule has 2 atom stereocenters. The van der Waals surface area contributed by atoms with E-state index in [4.69, 9.17) is 0 Å². The van der Waals surface area contributed by atoms with Crippen molar-refractivity contribution in [2.45, 2.75) is 10.3 Å². The third kappa shape index (κ3) is 4.93. The Labute approximate surface area is 256 Å². The number of hydrogen-bond donors (Lipinski definition) is 1. The zero-order valence-electron chi connectivity index (χ0n) is 23.0. The Kier molecular flexibility index (Phi) is 7.72. The first-order valence-electron chi connectivity index (χ1n) is 13.5. The van der Waals surface area contributed by atoms with E-state index in [9.17, 15) is 10.2 Å². The average Bonchev–Trinajstić information content (AvgIpc) is 3.59. The number of benzene rings is 6. The van der Waals surface area contributed by atoms with Gasteiger partial charge in [-0.05, 0) is 39.7 Å². The van der Waals surface area contributed by atoms with Crippen LogP contribution < -0.4 is 20.1 Å². The summed E-state index contributed by atoms with van der Waals surface area (Å²) >= 11 is 3.40. The topological polar surface area (TPSA) is 64.7 Å². The van der Waals surface area contributed by atoms with Crippen LogP contribution in [0.15, 0.2) is 126 Å². The van der Waals surface area contributed by atoms with Crippen LogP contribution >= 0.6 is 23.1 Å². The smallest absolute Gasteiger partial charge is 0.872 e. The Morgan fingerprint density at radius 1 is 0.667 bits per heavy atom. The molecule has 1 aromatic heterocycles. The number of rotatable bonds is 2. The van der Waals surface area contributed by atoms with Gasteiger partial charge < -0.3 is 10.2 Å². The van der Waals surface area contributed by atoms with Crippen molar-refractivity contribution < 1.29 is 20.1 Å². The summed E-state index contributed by atoms with van der Waals surface area (Å²) in [5, 5.41) is 30.0. The van der Waals surface area contributed by atoms with Crippen molar-refractivity contribution >= 4 is 70.7 Å². The van der Waals surface area contributed by atoms with Gasteiger partial charge >= 0.3 is 10.1 Å². The van der Waals surface area contributed by atoms with Crippen LogP contribution in [0.5, 0.6) is 11.5 Å². The third-order valence-corrected chi connectivity index (χ3v) is 10.2. The molecule has 7 aromatic rings. The molecule has 42 heavy (non-hydrogen) atoms. The molecule has 1 aliphatic rings. The Morgan fingerprint density at radius 2 is 1.29 bits per heavy atom. The standard InChI is InChI=1S/C18H15NOS.C17H11NOS.Be/c1-19-15-8-4-5-9-16(15)21-18(19)14-11-10-12-6-2-3-7-13(12)17(14)20;19-16-12-6-2-1-5-11(12)9-10-13(16)17-18-14-7-3-4-8-15(14)20-17;/h2-11,18,20H,1H3;1-10,19H;/q;;+2. The maximum absolute atomic E-state index is 12.8. The van der Waals surface area contributed by atoms with Gasteiger partial charge in [-0.1, -0.05) is 126 Å². The van der Waals surface area contributed by atoms with Crippen LogP contribution in [0.2, 0.25) is 0 Å². The monoisotopic (exact) mass is 579 g/mol. The molecule has 2 unspecified atom stereocenters. The fourth-order valence-corrected chi connectivity index (χ4v) is 7.89. The molecular formula is C35H26BeN2O2S2+2. The van der Waals surface area contributed by atoms with Crippen molar-refractivity contribution in [3.63, 3.8) is 0 Å². The van der Waals surface area contributed by atoms with Crippen LogP contribution in [0.25, 0.3) is 42.3 Å². The normalized spacial score (nSPS) is 15.6. The summed E-state index contributed by atoms with van der Waals surface area (Å²) in [6.45, 7) is 0. The molecule has 200 valence electrons. The van der Waals surface area contributed by atoms with E-state index in [1.807, 2.05) is 84.9 Å². The molecule has 0 amide bonds. The van der Waals surface area contributed by atoms with Crippen LogP contribution in [-0.4, -0.2) is 17.2 Å². The number of aromatic nitrogens is 1. The van der Waals surface area contributed by atoms with E-state index in [-0.39, 0.29) is 27.0 Å². The first kappa shape index (κ1) is 28.0. The molecule has 7 heteroatoms. The number of hydrogen-bond acceptors (Lipinski definition) is 4. The SMILES string of the molecule is C[NH+]1c2ccccc2SC1c1ccc2ccccc2c1[O-].[Be+2].[O-]c1c(-c2[nH+]c3ccccc3s2)ccc2ccccc12. The molecule has 0 spiro atoms. The fourth-order valence-electron chi connectivity index (χ4n) is 5.48. The summed E-state index contributed by atoms with van der Waals surface area (Å²) in [4.78, 5) is 5.89. The summed E-state index contributed by atoms with van der Waals surface area (Å²) in [6.07, 6.45) is 0. The maximum Gasteiger partial charge on any atom is 2.00 e. The number of thioether (sulfide) groups is 1. The quantitative estimate of drug-likeness (QED) is 0.252. The minimum Gasteiger partial charge on any atom is -0.872 e. The van der Waals surface area contributed by atoms with Gasteiger partial charge in [-0.15, -0.1) is 0 Å². The van der Waals surface area contributed by atoms with Crippen LogP contribution in [-0.2, 0) is 0 Å². The minimum absolute atomic E-state index is 0. The number of H-pyrrole nitrogens is 1. The number of para-hydroxylation sites is 2. The van der Waals surface area contributed by atoms with E-state index in [0.29, 0.717) is 0 Å². The van der Waals surface area contributed by atoms with Crippen molar-refractivity contribution in [1.82, 2.24) is 0 Å². The molecule has 4 nitrogen and oxygen atoms in total. The molecule has 6 aromatic carbocycles. The molecule has 2 heterocycles. The average molecular weight is 580 g/mol. The van der Waals surface area contributed by atoms with E-state index < -0.39 is 0 Å². The number of nitrogens with one attached hydrogen (secondary N) is 2. The zero-order valence-corrected chi connectivity index (χ0v) is 24.6. The van der Waals surface area contributed by atoms with Crippen LogP contribution in [0.4, 0.5) is 5.69 Å². The molecule has 0 fully saturated rings. The Bertz CT molecular complexity index is 2030. The predicted octanol–water partition coefficient (Wildman–Crippen LogP) is 6.09. The van der Waals surface area contributed by atoms with E-state index in [0.717, 1.165) is 47.9 Å². The van der Waals surface area contributed by atoms with Gasteiger partial charge in [-0.3, -0.25) is 4.90 Å². The number of aromatic amines is 1. The Balaban J connectivity index is 0.000000147. The summed E-state index contributed by atoms with van der Waals surface area (Å²) in [7, 11) is 2.14. The van der Waals surface area contributed by atoms with E-state index >= 15 is 0 Å². The molecule has 0 saturated carbocycles. The van der Waals surface area contributed by atoms with Gasteiger partial charge in [0.1, 0.15) is 10.4 Å². The maximum atomic E-state index is 12.8. The molecule has 2 N–H and O–H groups in total. The largest absolute Gasteiger partial charge is 2.00 e. The number of fused-ring (bicyclic) bond motifs is 4. The first-order chi connectivity index (χ1) is 20.1. The van der Waals surface area contributed by atoms with Gasteiger partial charge in [-0.2, -0.15) is 4.98 Å². The summed E-state index contributed by atoms with van der Waals surface area (Å²) < 4.78 is 1.16. The van der Waals surface area contributed by atoms with Gasteiger partial charge in [0, 0.05) is 17.7 Å². The van der Waals surface area contributed by atoms with Gasteiger partial charge in [0.15, 0.2) is 5.37 Å². The van der Waals surface area contributed by atoms with Crippen LogP contribution in [0.3, 0.4) is 0 Å². The zero-order chi connectivity index (χ0) is 27.9. The second kappa shape index (κ2) is 11.6. The first-order valence-corrected chi connectivity index (χ1v) is 15.2.